The number of aromatic hydroxyl groups is 2. The maximum Gasteiger partial charge on any atom is 0.124 e. The standard InChI is InChI=1S/C13H13BrN2O2/c1-8-11(4-5-13(14)16-8)15-7-9-2-3-10(17)6-12(9)18/h2-6,15,17-18H,7H2,1H3. The van der Waals surface area contributed by atoms with Gasteiger partial charge in [-0.3, -0.25) is 0 Å². The van der Waals surface area contributed by atoms with E-state index in [1.807, 2.05) is 19.1 Å². The molecule has 2 aromatic rings. The van der Waals surface area contributed by atoms with E-state index in [9.17, 15) is 10.2 Å². The van der Waals surface area contributed by atoms with Crippen molar-refractivity contribution < 1.29 is 10.2 Å². The number of phenolic OH excluding ortho intramolecular Hbond substituents is 2. The minimum Gasteiger partial charge on any atom is -0.508 e. The zero-order valence-corrected chi connectivity index (χ0v) is 11.4. The predicted octanol–water partition coefficient (Wildman–Crippen LogP) is 3.18. The van der Waals surface area contributed by atoms with Crippen molar-refractivity contribution in [1.82, 2.24) is 4.98 Å². The van der Waals surface area contributed by atoms with Gasteiger partial charge in [-0.25, -0.2) is 4.98 Å². The number of hydrogen-bond donors (Lipinski definition) is 3. The van der Waals surface area contributed by atoms with Crippen molar-refractivity contribution in [2.45, 2.75) is 13.5 Å². The van der Waals surface area contributed by atoms with Crippen molar-refractivity contribution >= 4 is 21.6 Å². The van der Waals surface area contributed by atoms with Crippen LogP contribution in [-0.2, 0) is 6.54 Å². The molecule has 0 spiro atoms. The fourth-order valence-electron chi connectivity index (χ4n) is 1.61. The number of hydrogen-bond acceptors (Lipinski definition) is 4. The lowest BCUT2D eigenvalue weighted by Gasteiger charge is -2.10. The Labute approximate surface area is 113 Å². The summed E-state index contributed by atoms with van der Waals surface area (Å²) in [6.45, 7) is 2.38. The molecule has 1 aromatic carbocycles. The molecule has 0 amide bonds. The van der Waals surface area contributed by atoms with Crippen LogP contribution in [0.2, 0.25) is 0 Å². The van der Waals surface area contributed by atoms with Crippen molar-refractivity contribution in [3.63, 3.8) is 0 Å². The highest BCUT2D eigenvalue weighted by Crippen LogP contribution is 2.24. The van der Waals surface area contributed by atoms with E-state index in [1.165, 1.54) is 6.07 Å². The number of nitrogens with one attached hydrogen (secondary N) is 1. The van der Waals surface area contributed by atoms with Crippen LogP contribution in [0.4, 0.5) is 5.69 Å². The first-order chi connectivity index (χ1) is 8.56. The van der Waals surface area contributed by atoms with Gasteiger partial charge in [0.25, 0.3) is 0 Å². The highest BCUT2D eigenvalue weighted by Gasteiger charge is 2.04. The monoisotopic (exact) mass is 308 g/mol. The van der Waals surface area contributed by atoms with Gasteiger partial charge in [0.1, 0.15) is 16.1 Å². The van der Waals surface area contributed by atoms with Crippen molar-refractivity contribution in [3.05, 3.63) is 46.2 Å². The highest BCUT2D eigenvalue weighted by atomic mass is 79.9. The average Bonchev–Trinajstić information content (AvgIpc) is 2.30. The molecule has 0 unspecified atom stereocenters. The number of benzene rings is 1. The Balaban J connectivity index is 2.11. The molecule has 4 nitrogen and oxygen atoms in total. The van der Waals surface area contributed by atoms with Crippen molar-refractivity contribution in [3.8, 4) is 11.5 Å². The first-order valence-electron chi connectivity index (χ1n) is 5.44. The molecule has 94 valence electrons. The smallest absolute Gasteiger partial charge is 0.124 e. The fraction of sp³-hybridized carbons (Fsp3) is 0.154. The lowest BCUT2D eigenvalue weighted by molar-refractivity contribution is 0.446. The fourth-order valence-corrected chi connectivity index (χ4v) is 2.01. The Kier molecular flexibility index (Phi) is 3.72. The normalized spacial score (nSPS) is 10.3. The van der Waals surface area contributed by atoms with Crippen molar-refractivity contribution in [2.24, 2.45) is 0 Å². The Morgan fingerprint density at radius 1 is 1.22 bits per heavy atom. The number of pyridine rings is 1. The number of aryl methyl sites for hydroxylation is 1. The van der Waals surface area contributed by atoms with E-state index in [0.29, 0.717) is 6.54 Å². The summed E-state index contributed by atoms with van der Waals surface area (Å²) in [6, 6.07) is 8.32. The van der Waals surface area contributed by atoms with E-state index < -0.39 is 0 Å². The zero-order valence-electron chi connectivity index (χ0n) is 9.81. The number of aromatic nitrogens is 1. The number of rotatable bonds is 3. The Morgan fingerprint density at radius 2 is 2.00 bits per heavy atom. The third-order valence-electron chi connectivity index (χ3n) is 2.59. The predicted molar refractivity (Wildman–Crippen MR) is 73.8 cm³/mol. The van der Waals surface area contributed by atoms with Crippen LogP contribution < -0.4 is 5.32 Å². The molecule has 0 aliphatic rings. The van der Waals surface area contributed by atoms with Gasteiger partial charge in [0, 0.05) is 18.2 Å². The van der Waals surface area contributed by atoms with Gasteiger partial charge in [-0.2, -0.15) is 0 Å². The zero-order chi connectivity index (χ0) is 13.1. The third-order valence-corrected chi connectivity index (χ3v) is 3.03. The van der Waals surface area contributed by atoms with E-state index >= 15 is 0 Å². The van der Waals surface area contributed by atoms with Crippen LogP contribution >= 0.6 is 15.9 Å². The van der Waals surface area contributed by atoms with E-state index in [0.717, 1.165) is 21.5 Å². The second kappa shape index (κ2) is 5.27. The van der Waals surface area contributed by atoms with Gasteiger partial charge in [0.15, 0.2) is 0 Å². The van der Waals surface area contributed by atoms with Crippen LogP contribution in [0.1, 0.15) is 11.3 Å². The summed E-state index contributed by atoms with van der Waals surface area (Å²) in [5.74, 6) is 0.128. The topological polar surface area (TPSA) is 65.4 Å². The summed E-state index contributed by atoms with van der Waals surface area (Å²) >= 11 is 3.31. The SMILES string of the molecule is Cc1nc(Br)ccc1NCc1ccc(O)cc1O. The maximum absolute atomic E-state index is 9.66. The van der Waals surface area contributed by atoms with Crippen LogP contribution in [0, 0.1) is 6.92 Å². The van der Waals surface area contributed by atoms with Crippen LogP contribution in [0.15, 0.2) is 34.9 Å². The van der Waals surface area contributed by atoms with E-state index in [4.69, 9.17) is 0 Å². The molecule has 0 atom stereocenters. The molecule has 0 radical (unpaired) electrons. The van der Waals surface area contributed by atoms with Gasteiger partial charge in [-0.15, -0.1) is 0 Å². The molecule has 1 heterocycles. The number of halogens is 1. The number of nitrogens with zero attached hydrogens (tertiary/aromatic N) is 1. The summed E-state index contributed by atoms with van der Waals surface area (Å²) < 4.78 is 0.790. The van der Waals surface area contributed by atoms with E-state index in [2.05, 4.69) is 26.2 Å². The summed E-state index contributed by atoms with van der Waals surface area (Å²) in [4.78, 5) is 4.27. The second-order valence-electron chi connectivity index (χ2n) is 3.93. The summed E-state index contributed by atoms with van der Waals surface area (Å²) in [6.07, 6.45) is 0. The molecule has 0 saturated carbocycles. The first-order valence-corrected chi connectivity index (χ1v) is 6.23. The molecule has 3 N–H and O–H groups in total. The van der Waals surface area contributed by atoms with Crippen LogP contribution in [0.25, 0.3) is 0 Å². The van der Waals surface area contributed by atoms with Crippen molar-refractivity contribution in [1.29, 1.82) is 0 Å². The van der Waals surface area contributed by atoms with Crippen LogP contribution in [0.5, 0.6) is 11.5 Å². The maximum atomic E-state index is 9.66. The van der Waals surface area contributed by atoms with Crippen molar-refractivity contribution in [2.75, 3.05) is 5.32 Å². The third kappa shape index (κ3) is 2.92. The molecular weight excluding hydrogens is 296 g/mol. The van der Waals surface area contributed by atoms with Gasteiger partial charge >= 0.3 is 0 Å². The van der Waals surface area contributed by atoms with Gasteiger partial charge < -0.3 is 15.5 Å². The van der Waals surface area contributed by atoms with Crippen LogP contribution in [-0.4, -0.2) is 15.2 Å². The van der Waals surface area contributed by atoms with Gasteiger partial charge in [0.05, 0.1) is 11.4 Å². The summed E-state index contributed by atoms with van der Waals surface area (Å²) in [5.41, 5.74) is 2.50. The second-order valence-corrected chi connectivity index (χ2v) is 4.75. The summed E-state index contributed by atoms with van der Waals surface area (Å²) in [5, 5.41) is 22.1. The Morgan fingerprint density at radius 3 is 2.67 bits per heavy atom. The van der Waals surface area contributed by atoms with Gasteiger partial charge in [0.2, 0.25) is 0 Å². The Hall–Kier alpha value is -1.75. The van der Waals surface area contributed by atoms with Crippen LogP contribution in [0.3, 0.4) is 0 Å². The molecule has 18 heavy (non-hydrogen) atoms. The number of phenols is 2. The molecule has 0 bridgehead atoms. The molecule has 1 aromatic heterocycles. The molecule has 0 aliphatic heterocycles. The lowest BCUT2D eigenvalue weighted by Crippen LogP contribution is -2.02. The minimum absolute atomic E-state index is 0.0535. The number of anilines is 1. The minimum atomic E-state index is 0.0535. The molecule has 0 saturated heterocycles. The highest BCUT2D eigenvalue weighted by molar-refractivity contribution is 9.10. The molecule has 0 aliphatic carbocycles. The van der Waals surface area contributed by atoms with E-state index in [1.54, 1.807) is 12.1 Å². The molecular formula is C13H13BrN2O2. The van der Waals surface area contributed by atoms with Gasteiger partial charge in [-0.1, -0.05) is 0 Å². The molecule has 2 rings (SSSR count). The quantitative estimate of drug-likeness (QED) is 0.762. The average molecular weight is 309 g/mol. The van der Waals surface area contributed by atoms with Gasteiger partial charge in [-0.05, 0) is 47.1 Å². The molecule has 0 fully saturated rings. The molecule has 5 heteroatoms. The van der Waals surface area contributed by atoms with E-state index in [-0.39, 0.29) is 11.5 Å². The largest absolute Gasteiger partial charge is 0.508 e. The Bertz CT molecular complexity index is 521. The summed E-state index contributed by atoms with van der Waals surface area (Å²) in [7, 11) is 0. The lowest BCUT2D eigenvalue weighted by atomic mass is 10.2. The first kappa shape index (κ1) is 12.7.